The minimum atomic E-state index is 0.614. The number of thiophene rings is 1. The monoisotopic (exact) mass is 657 g/mol. The van der Waals surface area contributed by atoms with E-state index in [1.54, 1.807) is 0 Å². The number of aromatic nitrogens is 3. The highest BCUT2D eigenvalue weighted by molar-refractivity contribution is 7.25. The van der Waals surface area contributed by atoms with Crippen LogP contribution in [0.25, 0.3) is 98.5 Å². The second kappa shape index (κ2) is 11.6. The molecule has 0 aliphatic rings. The number of rotatable bonds is 5. The molecule has 50 heavy (non-hydrogen) atoms. The van der Waals surface area contributed by atoms with Gasteiger partial charge in [0.15, 0.2) is 17.5 Å². The summed E-state index contributed by atoms with van der Waals surface area (Å²) in [5.74, 6) is 1.88. The van der Waals surface area contributed by atoms with Crippen LogP contribution in [0.1, 0.15) is 0 Å². The SMILES string of the molecule is c1ccc(-c2nc(-c3ccccc3)nc(-c3ccc(-c4ccc5sc6ccccc6c5c4)cc3-c3ccc4c(c3)oc3ccccc34)n2)cc1. The first-order valence-electron chi connectivity index (χ1n) is 16.6. The normalized spacial score (nSPS) is 11.6. The molecule has 7 aromatic carbocycles. The highest BCUT2D eigenvalue weighted by atomic mass is 32.1. The van der Waals surface area contributed by atoms with Gasteiger partial charge in [-0.25, -0.2) is 15.0 Å². The summed E-state index contributed by atoms with van der Waals surface area (Å²) in [6, 6.07) is 56.9. The summed E-state index contributed by atoms with van der Waals surface area (Å²) in [5, 5.41) is 4.76. The maximum atomic E-state index is 6.37. The zero-order valence-corrected chi connectivity index (χ0v) is 27.6. The first kappa shape index (κ1) is 28.6. The van der Waals surface area contributed by atoms with Crippen LogP contribution < -0.4 is 0 Å². The van der Waals surface area contributed by atoms with Crippen molar-refractivity contribution in [1.29, 1.82) is 0 Å². The minimum absolute atomic E-state index is 0.614. The second-order valence-electron chi connectivity index (χ2n) is 12.4. The summed E-state index contributed by atoms with van der Waals surface area (Å²) in [6.45, 7) is 0. The molecule has 0 aliphatic carbocycles. The molecule has 0 unspecified atom stereocenters. The number of benzene rings is 7. The van der Waals surface area contributed by atoms with Gasteiger partial charge in [-0.1, -0.05) is 115 Å². The van der Waals surface area contributed by atoms with Crippen molar-refractivity contribution in [2.45, 2.75) is 0 Å². The van der Waals surface area contributed by atoms with Crippen molar-refractivity contribution in [1.82, 2.24) is 15.0 Å². The zero-order chi connectivity index (χ0) is 33.0. The van der Waals surface area contributed by atoms with E-state index in [1.165, 1.54) is 20.2 Å². The lowest BCUT2D eigenvalue weighted by molar-refractivity contribution is 0.669. The molecule has 3 aromatic heterocycles. The standard InChI is InChI=1S/C45H27N3OS/c1-3-11-28(12-4-1)43-46-44(29-13-5-2-6-14-29)48-45(47-43)36-23-19-30(31-21-24-42-38(26-31)35-16-8-10-18-41(35)50-42)25-37(36)32-20-22-34-33-15-7-9-17-39(33)49-40(34)27-32/h1-27H. The van der Waals surface area contributed by atoms with Gasteiger partial charge < -0.3 is 4.42 Å². The van der Waals surface area contributed by atoms with Crippen molar-refractivity contribution in [2.75, 3.05) is 0 Å². The maximum Gasteiger partial charge on any atom is 0.164 e. The van der Waals surface area contributed by atoms with E-state index in [0.717, 1.165) is 60.9 Å². The van der Waals surface area contributed by atoms with Gasteiger partial charge in [-0.15, -0.1) is 11.3 Å². The molecule has 4 nitrogen and oxygen atoms in total. The van der Waals surface area contributed by atoms with Crippen LogP contribution in [0.4, 0.5) is 0 Å². The van der Waals surface area contributed by atoms with Gasteiger partial charge in [0.05, 0.1) is 0 Å². The summed E-state index contributed by atoms with van der Waals surface area (Å²) < 4.78 is 8.95. The third kappa shape index (κ3) is 4.87. The molecule has 10 aromatic rings. The van der Waals surface area contributed by atoms with Crippen molar-refractivity contribution in [2.24, 2.45) is 0 Å². The Bertz CT molecular complexity index is 2820. The Morgan fingerprint density at radius 2 is 0.920 bits per heavy atom. The predicted molar refractivity (Wildman–Crippen MR) is 207 cm³/mol. The van der Waals surface area contributed by atoms with Crippen molar-refractivity contribution < 1.29 is 4.42 Å². The lowest BCUT2D eigenvalue weighted by Crippen LogP contribution is -2.01. The smallest absolute Gasteiger partial charge is 0.164 e. The van der Waals surface area contributed by atoms with Crippen LogP contribution >= 0.6 is 11.3 Å². The quantitative estimate of drug-likeness (QED) is 0.185. The Hall–Kier alpha value is -6.43. The molecule has 0 aliphatic heterocycles. The fraction of sp³-hybridized carbons (Fsp3) is 0. The molecule has 0 atom stereocenters. The van der Waals surface area contributed by atoms with E-state index in [9.17, 15) is 0 Å². The molecular weight excluding hydrogens is 631 g/mol. The van der Waals surface area contributed by atoms with E-state index in [-0.39, 0.29) is 0 Å². The van der Waals surface area contributed by atoms with Crippen LogP contribution in [0.5, 0.6) is 0 Å². The highest BCUT2D eigenvalue weighted by Gasteiger charge is 2.18. The molecule has 3 heterocycles. The van der Waals surface area contributed by atoms with Crippen LogP contribution in [-0.2, 0) is 0 Å². The van der Waals surface area contributed by atoms with Crippen LogP contribution in [-0.4, -0.2) is 15.0 Å². The van der Waals surface area contributed by atoms with Crippen molar-refractivity contribution in [3.8, 4) is 56.4 Å². The molecule has 10 rings (SSSR count). The predicted octanol–water partition coefficient (Wildman–Crippen LogP) is 12.5. The maximum absolute atomic E-state index is 6.37. The lowest BCUT2D eigenvalue weighted by Gasteiger charge is -2.14. The molecule has 234 valence electrons. The molecule has 0 radical (unpaired) electrons. The van der Waals surface area contributed by atoms with Gasteiger partial charge in [0.2, 0.25) is 0 Å². The Balaban J connectivity index is 1.21. The van der Waals surface area contributed by atoms with Gasteiger partial charge in [-0.2, -0.15) is 0 Å². The number of fused-ring (bicyclic) bond motifs is 6. The Morgan fingerprint density at radius 3 is 1.70 bits per heavy atom. The number of para-hydroxylation sites is 1. The van der Waals surface area contributed by atoms with Gasteiger partial charge in [0.1, 0.15) is 11.2 Å². The number of hydrogen-bond donors (Lipinski definition) is 0. The van der Waals surface area contributed by atoms with Gasteiger partial charge in [-0.3, -0.25) is 0 Å². The average Bonchev–Trinajstić information content (AvgIpc) is 3.76. The Kier molecular flexibility index (Phi) is 6.64. The Labute approximate surface area is 292 Å². The summed E-state index contributed by atoms with van der Waals surface area (Å²) in [5.41, 5.74) is 8.83. The van der Waals surface area contributed by atoms with E-state index in [1.807, 2.05) is 84.1 Å². The van der Waals surface area contributed by atoms with Crippen molar-refractivity contribution in [3.05, 3.63) is 164 Å². The number of furan rings is 1. The third-order valence-corrected chi connectivity index (χ3v) is 10.5. The fourth-order valence-electron chi connectivity index (χ4n) is 6.89. The fourth-order valence-corrected chi connectivity index (χ4v) is 7.97. The molecule has 0 saturated heterocycles. The van der Waals surface area contributed by atoms with Crippen LogP contribution in [0.2, 0.25) is 0 Å². The first-order valence-corrected chi connectivity index (χ1v) is 17.4. The molecule has 0 fully saturated rings. The molecule has 0 amide bonds. The van der Waals surface area contributed by atoms with E-state index < -0.39 is 0 Å². The molecule has 0 bridgehead atoms. The van der Waals surface area contributed by atoms with E-state index in [4.69, 9.17) is 19.4 Å². The molecule has 5 heteroatoms. The van der Waals surface area contributed by atoms with E-state index >= 15 is 0 Å². The Morgan fingerprint density at radius 1 is 0.340 bits per heavy atom. The minimum Gasteiger partial charge on any atom is -0.456 e. The summed E-state index contributed by atoms with van der Waals surface area (Å²) >= 11 is 1.83. The van der Waals surface area contributed by atoms with Gasteiger partial charge in [-0.05, 0) is 70.8 Å². The second-order valence-corrected chi connectivity index (χ2v) is 13.5. The van der Waals surface area contributed by atoms with E-state index in [2.05, 4.69) is 91.0 Å². The zero-order valence-electron chi connectivity index (χ0n) is 26.7. The van der Waals surface area contributed by atoms with Crippen molar-refractivity contribution in [3.63, 3.8) is 0 Å². The van der Waals surface area contributed by atoms with Gasteiger partial charge >= 0.3 is 0 Å². The summed E-state index contributed by atoms with van der Waals surface area (Å²) in [4.78, 5) is 15.2. The molecular formula is C45H27N3OS. The van der Waals surface area contributed by atoms with E-state index in [0.29, 0.717) is 17.5 Å². The van der Waals surface area contributed by atoms with Gasteiger partial charge in [0.25, 0.3) is 0 Å². The summed E-state index contributed by atoms with van der Waals surface area (Å²) in [6.07, 6.45) is 0. The molecule has 0 saturated carbocycles. The highest BCUT2D eigenvalue weighted by Crippen LogP contribution is 2.41. The number of nitrogens with zero attached hydrogens (tertiary/aromatic N) is 3. The van der Waals surface area contributed by atoms with Crippen molar-refractivity contribution >= 4 is 53.4 Å². The van der Waals surface area contributed by atoms with Crippen LogP contribution in [0, 0.1) is 0 Å². The van der Waals surface area contributed by atoms with Gasteiger partial charge in [0, 0.05) is 47.6 Å². The largest absolute Gasteiger partial charge is 0.456 e. The summed E-state index contributed by atoms with van der Waals surface area (Å²) in [7, 11) is 0. The molecule has 0 spiro atoms. The van der Waals surface area contributed by atoms with Crippen LogP contribution in [0.15, 0.2) is 168 Å². The van der Waals surface area contributed by atoms with Crippen LogP contribution in [0.3, 0.4) is 0 Å². The average molecular weight is 658 g/mol. The first-order chi connectivity index (χ1) is 24.7. The topological polar surface area (TPSA) is 51.8 Å². The lowest BCUT2D eigenvalue weighted by atomic mass is 9.93. The number of hydrogen-bond acceptors (Lipinski definition) is 5. The molecule has 0 N–H and O–H groups in total. The third-order valence-electron chi connectivity index (χ3n) is 9.36.